The van der Waals surface area contributed by atoms with Crippen molar-refractivity contribution in [3.63, 3.8) is 0 Å². The Labute approximate surface area is 175 Å². The molecule has 3 rings (SSSR count). The average Bonchev–Trinajstić information content (AvgIpc) is 3.01. The van der Waals surface area contributed by atoms with Crippen molar-refractivity contribution in [2.45, 2.75) is 13.3 Å². The molecule has 0 saturated carbocycles. The number of hydrogen-bond donors (Lipinski definition) is 0. The van der Waals surface area contributed by atoms with E-state index in [4.69, 9.17) is 23.7 Å². The van der Waals surface area contributed by atoms with Gasteiger partial charge in [-0.2, -0.15) is 0 Å². The Kier molecular flexibility index (Phi) is 7.32. The Hall–Kier alpha value is -3.48. The molecule has 0 amide bonds. The number of ether oxygens (including phenoxy) is 5. The third-order valence-electron chi connectivity index (χ3n) is 4.31. The van der Waals surface area contributed by atoms with Gasteiger partial charge in [-0.05, 0) is 48.9 Å². The maximum Gasteiger partial charge on any atom is 0.331 e. The van der Waals surface area contributed by atoms with E-state index in [0.29, 0.717) is 48.4 Å². The van der Waals surface area contributed by atoms with Crippen LogP contribution in [0.1, 0.15) is 29.3 Å². The number of esters is 1. The lowest BCUT2D eigenvalue weighted by Crippen LogP contribution is -2.12. The van der Waals surface area contributed by atoms with Gasteiger partial charge in [0, 0.05) is 18.1 Å². The predicted molar refractivity (Wildman–Crippen MR) is 111 cm³/mol. The van der Waals surface area contributed by atoms with Crippen LogP contribution in [-0.4, -0.2) is 45.3 Å². The summed E-state index contributed by atoms with van der Waals surface area (Å²) in [5, 5.41) is 0. The van der Waals surface area contributed by atoms with Gasteiger partial charge in [0.1, 0.15) is 0 Å². The van der Waals surface area contributed by atoms with Gasteiger partial charge in [0.25, 0.3) is 0 Å². The first-order valence-corrected chi connectivity index (χ1v) is 9.69. The van der Waals surface area contributed by atoms with Crippen molar-refractivity contribution < 1.29 is 33.3 Å². The van der Waals surface area contributed by atoms with Crippen molar-refractivity contribution in [3.05, 3.63) is 53.6 Å². The largest absolute Gasteiger partial charge is 0.493 e. The highest BCUT2D eigenvalue weighted by Crippen LogP contribution is 2.31. The number of benzene rings is 2. The van der Waals surface area contributed by atoms with Crippen LogP contribution in [0.25, 0.3) is 6.08 Å². The molecule has 1 aliphatic rings. The summed E-state index contributed by atoms with van der Waals surface area (Å²) in [5.74, 6) is 1.38. The first kappa shape index (κ1) is 21.2. The number of methoxy groups -OCH3 is 1. The molecule has 0 aromatic heterocycles. The van der Waals surface area contributed by atoms with Crippen LogP contribution in [0.4, 0.5) is 0 Å². The summed E-state index contributed by atoms with van der Waals surface area (Å²) in [4.78, 5) is 24.3. The predicted octanol–water partition coefficient (Wildman–Crippen LogP) is 3.69. The van der Waals surface area contributed by atoms with Crippen LogP contribution < -0.4 is 18.9 Å². The van der Waals surface area contributed by atoms with Gasteiger partial charge >= 0.3 is 5.97 Å². The zero-order chi connectivity index (χ0) is 21.3. The second-order valence-corrected chi connectivity index (χ2v) is 6.42. The number of fused-ring (bicyclic) bond motifs is 1. The lowest BCUT2D eigenvalue weighted by atomic mass is 10.1. The van der Waals surface area contributed by atoms with E-state index in [1.54, 1.807) is 49.6 Å². The minimum absolute atomic E-state index is 0.324. The molecule has 0 N–H and O–H groups in total. The van der Waals surface area contributed by atoms with E-state index in [1.165, 1.54) is 6.08 Å². The quantitative estimate of drug-likeness (QED) is 0.372. The topological polar surface area (TPSA) is 80.3 Å². The van der Waals surface area contributed by atoms with E-state index in [2.05, 4.69) is 0 Å². The molecule has 7 heteroatoms. The average molecular weight is 412 g/mol. The van der Waals surface area contributed by atoms with Crippen molar-refractivity contribution in [2.24, 2.45) is 0 Å². The fourth-order valence-electron chi connectivity index (χ4n) is 2.83. The summed E-state index contributed by atoms with van der Waals surface area (Å²) in [6.45, 7) is 3.15. The van der Waals surface area contributed by atoms with E-state index < -0.39 is 5.97 Å². The Balaban J connectivity index is 1.56. The fraction of sp³-hybridized carbons (Fsp3) is 0.304. The molecule has 30 heavy (non-hydrogen) atoms. The molecule has 0 atom stereocenters. The lowest BCUT2D eigenvalue weighted by molar-refractivity contribution is -0.136. The number of carbonyl (C=O) groups is 2. The monoisotopic (exact) mass is 412 g/mol. The molecule has 0 unspecified atom stereocenters. The highest BCUT2D eigenvalue weighted by Gasteiger charge is 2.15. The molecule has 2 aromatic rings. The highest BCUT2D eigenvalue weighted by atomic mass is 16.5. The number of carbonyl (C=O) groups excluding carboxylic acids is 2. The van der Waals surface area contributed by atoms with Crippen LogP contribution in [0.5, 0.6) is 23.0 Å². The molecule has 0 fully saturated rings. The van der Waals surface area contributed by atoms with Gasteiger partial charge in [0.15, 0.2) is 35.4 Å². The van der Waals surface area contributed by atoms with Crippen molar-refractivity contribution in [1.29, 1.82) is 0 Å². The highest BCUT2D eigenvalue weighted by molar-refractivity contribution is 5.99. The van der Waals surface area contributed by atoms with Gasteiger partial charge in [0.2, 0.25) is 0 Å². The first-order valence-electron chi connectivity index (χ1n) is 9.69. The third kappa shape index (κ3) is 5.53. The molecule has 0 spiro atoms. The molecule has 1 aliphatic heterocycles. The zero-order valence-electron chi connectivity index (χ0n) is 17.0. The number of Topliss-reactive ketones (excluding diaryl/α,β-unsaturated/α-hetero) is 1. The van der Waals surface area contributed by atoms with Crippen LogP contribution in [0.15, 0.2) is 42.5 Å². The standard InChI is InChI=1S/C23H24O7/c1-3-27-19-8-5-16(13-21(19)26-2)6-10-23(25)30-15-18(24)17-7-9-20-22(14-17)29-12-4-11-28-20/h5-10,13-14H,3-4,11-12,15H2,1-2H3/b10-6+. The minimum Gasteiger partial charge on any atom is -0.493 e. The van der Waals surface area contributed by atoms with Crippen molar-refractivity contribution in [1.82, 2.24) is 0 Å². The van der Waals surface area contributed by atoms with Crippen LogP contribution >= 0.6 is 0 Å². The van der Waals surface area contributed by atoms with Gasteiger partial charge in [-0.25, -0.2) is 4.79 Å². The van der Waals surface area contributed by atoms with E-state index in [9.17, 15) is 9.59 Å². The lowest BCUT2D eigenvalue weighted by Gasteiger charge is -2.09. The molecular formula is C23H24O7. The Bertz CT molecular complexity index is 933. The van der Waals surface area contributed by atoms with E-state index in [0.717, 1.165) is 12.0 Å². The molecule has 0 saturated heterocycles. The van der Waals surface area contributed by atoms with Gasteiger partial charge < -0.3 is 23.7 Å². The Morgan fingerprint density at radius 2 is 1.83 bits per heavy atom. The summed E-state index contributed by atoms with van der Waals surface area (Å²) < 4.78 is 26.9. The maximum absolute atomic E-state index is 12.3. The summed E-state index contributed by atoms with van der Waals surface area (Å²) in [6.07, 6.45) is 3.62. The zero-order valence-corrected chi connectivity index (χ0v) is 17.0. The summed E-state index contributed by atoms with van der Waals surface area (Å²) >= 11 is 0. The number of hydrogen-bond acceptors (Lipinski definition) is 7. The van der Waals surface area contributed by atoms with E-state index >= 15 is 0 Å². The molecule has 158 valence electrons. The third-order valence-corrected chi connectivity index (χ3v) is 4.31. The van der Waals surface area contributed by atoms with Crippen molar-refractivity contribution in [3.8, 4) is 23.0 Å². The second-order valence-electron chi connectivity index (χ2n) is 6.42. The normalized spacial score (nSPS) is 12.9. The van der Waals surface area contributed by atoms with Crippen molar-refractivity contribution >= 4 is 17.8 Å². The van der Waals surface area contributed by atoms with E-state index in [1.807, 2.05) is 6.92 Å². The molecule has 1 heterocycles. The van der Waals surface area contributed by atoms with Gasteiger partial charge in [-0.15, -0.1) is 0 Å². The maximum atomic E-state index is 12.3. The molecule has 0 aliphatic carbocycles. The molecule has 2 aromatic carbocycles. The second kappa shape index (κ2) is 10.3. The van der Waals surface area contributed by atoms with Crippen LogP contribution in [-0.2, 0) is 9.53 Å². The number of ketones is 1. The van der Waals surface area contributed by atoms with Gasteiger partial charge in [0.05, 0.1) is 26.9 Å². The number of rotatable bonds is 8. The SMILES string of the molecule is CCOc1ccc(/C=C/C(=O)OCC(=O)c2ccc3c(c2)OCCCO3)cc1OC. The molecule has 7 nitrogen and oxygen atoms in total. The summed E-state index contributed by atoms with van der Waals surface area (Å²) in [6, 6.07) is 10.2. The minimum atomic E-state index is -0.620. The molecular weight excluding hydrogens is 388 g/mol. The smallest absolute Gasteiger partial charge is 0.331 e. The molecule has 0 bridgehead atoms. The van der Waals surface area contributed by atoms with Crippen LogP contribution in [0.2, 0.25) is 0 Å². The Morgan fingerprint density at radius 1 is 1.03 bits per heavy atom. The van der Waals surface area contributed by atoms with Crippen LogP contribution in [0, 0.1) is 0 Å². The summed E-state index contributed by atoms with van der Waals surface area (Å²) in [7, 11) is 1.55. The van der Waals surface area contributed by atoms with Crippen molar-refractivity contribution in [2.75, 3.05) is 33.5 Å². The van der Waals surface area contributed by atoms with Crippen LogP contribution in [0.3, 0.4) is 0 Å². The van der Waals surface area contributed by atoms with E-state index in [-0.39, 0.29) is 12.4 Å². The van der Waals surface area contributed by atoms with Gasteiger partial charge in [-0.3, -0.25) is 4.79 Å². The fourth-order valence-corrected chi connectivity index (χ4v) is 2.83. The molecule has 0 radical (unpaired) electrons. The first-order chi connectivity index (χ1) is 14.6. The van der Waals surface area contributed by atoms with Gasteiger partial charge in [-0.1, -0.05) is 6.07 Å². The summed E-state index contributed by atoms with van der Waals surface area (Å²) in [5.41, 5.74) is 1.13. The Morgan fingerprint density at radius 3 is 2.60 bits per heavy atom.